The van der Waals surface area contributed by atoms with Crippen LogP contribution in [-0.4, -0.2) is 43.1 Å². The molecule has 0 fully saturated rings. The summed E-state index contributed by atoms with van der Waals surface area (Å²) < 4.78 is 5.58. The molecule has 0 aliphatic carbocycles. The van der Waals surface area contributed by atoms with Gasteiger partial charge in [0.1, 0.15) is 5.75 Å². The molecule has 124 valence electrons. The maximum Gasteiger partial charge on any atom is 0.257 e. The van der Waals surface area contributed by atoms with Crippen molar-refractivity contribution in [2.45, 2.75) is 26.8 Å². The summed E-state index contributed by atoms with van der Waals surface area (Å²) in [5, 5.41) is 5.18. The highest BCUT2D eigenvalue weighted by Crippen LogP contribution is 2.20. The fourth-order valence-corrected chi connectivity index (χ4v) is 2.58. The van der Waals surface area contributed by atoms with E-state index in [-0.39, 0.29) is 12.5 Å². The van der Waals surface area contributed by atoms with Crippen LogP contribution < -0.4 is 10.1 Å². The third-order valence-electron chi connectivity index (χ3n) is 3.95. The summed E-state index contributed by atoms with van der Waals surface area (Å²) in [4.78, 5) is 14.2. The first-order valence-electron chi connectivity index (χ1n) is 8.22. The Morgan fingerprint density at radius 1 is 1.17 bits per heavy atom. The van der Waals surface area contributed by atoms with Crippen molar-refractivity contribution < 1.29 is 9.53 Å². The van der Waals surface area contributed by atoms with Gasteiger partial charge in [-0.15, -0.1) is 0 Å². The standard InChI is InChI=1S/C19H26N2O2/c1-4-21(15(2)3)12-11-20-19(22)14-23-18-10-9-16-7-5-6-8-17(16)13-18/h5-10,13,15H,4,11-12,14H2,1-3H3,(H,20,22). The van der Waals surface area contributed by atoms with Crippen LogP contribution in [0.25, 0.3) is 10.8 Å². The van der Waals surface area contributed by atoms with E-state index in [9.17, 15) is 4.79 Å². The Hall–Kier alpha value is -2.07. The van der Waals surface area contributed by atoms with Crippen LogP contribution in [0.15, 0.2) is 42.5 Å². The van der Waals surface area contributed by atoms with Gasteiger partial charge in [0.15, 0.2) is 6.61 Å². The molecule has 0 spiro atoms. The van der Waals surface area contributed by atoms with Crippen LogP contribution in [0, 0.1) is 0 Å². The zero-order chi connectivity index (χ0) is 16.7. The second kappa shape index (κ2) is 8.53. The Balaban J connectivity index is 1.77. The molecule has 4 nitrogen and oxygen atoms in total. The molecule has 0 atom stereocenters. The number of fused-ring (bicyclic) bond motifs is 1. The largest absolute Gasteiger partial charge is 0.484 e. The first-order chi connectivity index (χ1) is 11.1. The van der Waals surface area contributed by atoms with Gasteiger partial charge in [-0.3, -0.25) is 9.69 Å². The smallest absolute Gasteiger partial charge is 0.257 e. The summed E-state index contributed by atoms with van der Waals surface area (Å²) in [7, 11) is 0. The number of rotatable bonds is 8. The van der Waals surface area contributed by atoms with Gasteiger partial charge in [0.2, 0.25) is 0 Å². The number of carbonyl (C=O) groups is 1. The summed E-state index contributed by atoms with van der Waals surface area (Å²) in [6, 6.07) is 14.4. The van der Waals surface area contributed by atoms with Gasteiger partial charge >= 0.3 is 0 Å². The summed E-state index contributed by atoms with van der Waals surface area (Å²) in [5.41, 5.74) is 0. The minimum Gasteiger partial charge on any atom is -0.484 e. The second-order valence-corrected chi connectivity index (χ2v) is 5.87. The molecule has 0 aromatic heterocycles. The lowest BCUT2D eigenvalue weighted by Crippen LogP contribution is -2.39. The Kier molecular flexibility index (Phi) is 6.41. The minimum absolute atomic E-state index is 0.0478. The number of nitrogens with zero attached hydrogens (tertiary/aromatic N) is 1. The molecule has 23 heavy (non-hydrogen) atoms. The van der Waals surface area contributed by atoms with E-state index in [0.29, 0.717) is 12.6 Å². The molecule has 0 aliphatic heterocycles. The monoisotopic (exact) mass is 314 g/mol. The third kappa shape index (κ3) is 5.25. The predicted octanol–water partition coefficient (Wildman–Crippen LogP) is 3.07. The first kappa shape index (κ1) is 17.3. The van der Waals surface area contributed by atoms with Gasteiger partial charge in [-0.2, -0.15) is 0 Å². The summed E-state index contributed by atoms with van der Waals surface area (Å²) in [5.74, 6) is 0.634. The van der Waals surface area contributed by atoms with E-state index in [1.54, 1.807) is 0 Å². The number of ether oxygens (including phenoxy) is 1. The molecule has 4 heteroatoms. The molecule has 0 heterocycles. The van der Waals surface area contributed by atoms with E-state index in [2.05, 4.69) is 37.1 Å². The molecule has 1 N–H and O–H groups in total. The molecule has 0 saturated heterocycles. The average molecular weight is 314 g/mol. The summed E-state index contributed by atoms with van der Waals surface area (Å²) >= 11 is 0. The molecule has 0 bridgehead atoms. The van der Waals surface area contributed by atoms with E-state index < -0.39 is 0 Å². The molecule has 0 aliphatic rings. The van der Waals surface area contributed by atoms with Crippen molar-refractivity contribution >= 4 is 16.7 Å². The summed E-state index contributed by atoms with van der Waals surface area (Å²) in [6.45, 7) is 8.99. The second-order valence-electron chi connectivity index (χ2n) is 5.87. The minimum atomic E-state index is -0.0852. The van der Waals surface area contributed by atoms with Gasteiger partial charge in [-0.1, -0.05) is 37.3 Å². The normalized spacial score (nSPS) is 11.2. The van der Waals surface area contributed by atoms with Crippen LogP contribution in [0.4, 0.5) is 0 Å². The number of carbonyl (C=O) groups excluding carboxylic acids is 1. The first-order valence-corrected chi connectivity index (χ1v) is 8.22. The van der Waals surface area contributed by atoms with Crippen LogP contribution in [-0.2, 0) is 4.79 Å². The van der Waals surface area contributed by atoms with E-state index in [1.165, 1.54) is 0 Å². The Morgan fingerprint density at radius 3 is 2.61 bits per heavy atom. The number of likely N-dealkylation sites (N-methyl/N-ethyl adjacent to an activating group) is 1. The molecular weight excluding hydrogens is 288 g/mol. The Bertz CT molecular complexity index is 640. The van der Waals surface area contributed by atoms with Gasteiger partial charge in [-0.05, 0) is 43.3 Å². The molecule has 2 aromatic carbocycles. The van der Waals surface area contributed by atoms with Gasteiger partial charge in [0.05, 0.1) is 0 Å². The van der Waals surface area contributed by atoms with Crippen LogP contribution in [0.5, 0.6) is 5.75 Å². The topological polar surface area (TPSA) is 41.6 Å². The SMILES string of the molecule is CCN(CCNC(=O)COc1ccc2ccccc2c1)C(C)C. The van der Waals surface area contributed by atoms with Crippen molar-refractivity contribution in [1.29, 1.82) is 0 Å². The van der Waals surface area contributed by atoms with Crippen molar-refractivity contribution in [3.05, 3.63) is 42.5 Å². The molecular formula is C19H26N2O2. The maximum absolute atomic E-state index is 11.9. The van der Waals surface area contributed by atoms with Crippen molar-refractivity contribution in [3.63, 3.8) is 0 Å². The molecule has 2 aromatic rings. The predicted molar refractivity (Wildman–Crippen MR) is 94.8 cm³/mol. The number of benzene rings is 2. The van der Waals surface area contributed by atoms with E-state index in [1.807, 2.05) is 36.4 Å². The number of hydrogen-bond acceptors (Lipinski definition) is 3. The average Bonchev–Trinajstić information content (AvgIpc) is 2.56. The van der Waals surface area contributed by atoms with Crippen molar-refractivity contribution in [3.8, 4) is 5.75 Å². The lowest BCUT2D eigenvalue weighted by atomic mass is 10.1. The molecule has 0 unspecified atom stereocenters. The van der Waals surface area contributed by atoms with Gasteiger partial charge in [-0.25, -0.2) is 0 Å². The van der Waals surface area contributed by atoms with Crippen molar-refractivity contribution in [1.82, 2.24) is 10.2 Å². The lowest BCUT2D eigenvalue weighted by molar-refractivity contribution is -0.123. The zero-order valence-electron chi connectivity index (χ0n) is 14.2. The quantitative estimate of drug-likeness (QED) is 0.814. The van der Waals surface area contributed by atoms with Crippen LogP contribution in [0.3, 0.4) is 0 Å². The molecule has 1 amide bonds. The van der Waals surface area contributed by atoms with Crippen LogP contribution >= 0.6 is 0 Å². The molecule has 2 rings (SSSR count). The molecule has 0 saturated carbocycles. The van der Waals surface area contributed by atoms with Gasteiger partial charge < -0.3 is 10.1 Å². The lowest BCUT2D eigenvalue weighted by Gasteiger charge is -2.24. The maximum atomic E-state index is 11.9. The van der Waals surface area contributed by atoms with Crippen molar-refractivity contribution in [2.24, 2.45) is 0 Å². The fraction of sp³-hybridized carbons (Fsp3) is 0.421. The summed E-state index contributed by atoms with van der Waals surface area (Å²) in [6.07, 6.45) is 0. The van der Waals surface area contributed by atoms with Crippen LogP contribution in [0.1, 0.15) is 20.8 Å². The molecule has 0 radical (unpaired) electrons. The number of nitrogens with one attached hydrogen (secondary N) is 1. The van der Waals surface area contributed by atoms with Crippen LogP contribution in [0.2, 0.25) is 0 Å². The van der Waals surface area contributed by atoms with E-state index >= 15 is 0 Å². The Morgan fingerprint density at radius 2 is 1.91 bits per heavy atom. The Labute approximate surface area is 138 Å². The third-order valence-corrected chi connectivity index (χ3v) is 3.95. The fourth-order valence-electron chi connectivity index (χ4n) is 2.58. The highest BCUT2D eigenvalue weighted by atomic mass is 16.5. The van der Waals surface area contributed by atoms with Gasteiger partial charge in [0, 0.05) is 19.1 Å². The zero-order valence-corrected chi connectivity index (χ0v) is 14.2. The number of hydrogen-bond donors (Lipinski definition) is 1. The van der Waals surface area contributed by atoms with Crippen molar-refractivity contribution in [2.75, 3.05) is 26.2 Å². The van der Waals surface area contributed by atoms with Gasteiger partial charge in [0.25, 0.3) is 5.91 Å². The highest BCUT2D eigenvalue weighted by molar-refractivity contribution is 5.84. The van der Waals surface area contributed by atoms with E-state index in [4.69, 9.17) is 4.74 Å². The number of amides is 1. The van der Waals surface area contributed by atoms with E-state index in [0.717, 1.165) is 29.6 Å². The highest BCUT2D eigenvalue weighted by Gasteiger charge is 2.08.